The molecule has 0 aliphatic heterocycles. The summed E-state index contributed by atoms with van der Waals surface area (Å²) < 4.78 is 14.5. The maximum absolute atomic E-state index is 13.7. The fourth-order valence-electron chi connectivity index (χ4n) is 1.55. The van der Waals surface area contributed by atoms with Crippen LogP contribution in [0.3, 0.4) is 0 Å². The van der Waals surface area contributed by atoms with Crippen LogP contribution in [0.4, 0.5) is 10.1 Å². The van der Waals surface area contributed by atoms with E-state index in [4.69, 9.17) is 5.11 Å². The van der Waals surface area contributed by atoms with E-state index in [0.29, 0.717) is 5.56 Å². The van der Waals surface area contributed by atoms with Crippen LogP contribution in [-0.2, 0) is 0 Å². The number of benzene rings is 2. The molecule has 2 N–H and O–H groups in total. The van der Waals surface area contributed by atoms with Gasteiger partial charge in [0.15, 0.2) is 0 Å². The Kier molecular flexibility index (Phi) is 4.14. The van der Waals surface area contributed by atoms with E-state index in [1.807, 2.05) is 0 Å². The minimum absolute atomic E-state index is 0.0667. The molecule has 0 saturated carbocycles. The lowest BCUT2D eigenvalue weighted by Crippen LogP contribution is -2.13. The van der Waals surface area contributed by atoms with Crippen molar-refractivity contribution in [3.05, 3.63) is 63.9 Å². The minimum atomic E-state index is -1.23. The molecule has 0 aliphatic carbocycles. The lowest BCUT2D eigenvalue weighted by molar-refractivity contribution is 0.0696. The van der Waals surface area contributed by atoms with Crippen molar-refractivity contribution in [3.8, 4) is 0 Å². The molecule has 0 saturated heterocycles. The average molecular weight is 338 g/mol. The summed E-state index contributed by atoms with van der Waals surface area (Å²) in [6.07, 6.45) is 0. The molecule has 0 fully saturated rings. The first kappa shape index (κ1) is 14.2. The summed E-state index contributed by atoms with van der Waals surface area (Å²) in [6.45, 7) is 0. The minimum Gasteiger partial charge on any atom is -0.478 e. The normalized spacial score (nSPS) is 10.1. The van der Waals surface area contributed by atoms with Crippen molar-refractivity contribution in [1.29, 1.82) is 0 Å². The summed E-state index contributed by atoms with van der Waals surface area (Å²) >= 11 is 3.25. The third-order valence-corrected chi connectivity index (χ3v) is 3.10. The topological polar surface area (TPSA) is 66.4 Å². The van der Waals surface area contributed by atoms with E-state index >= 15 is 0 Å². The average Bonchev–Trinajstić information content (AvgIpc) is 2.41. The van der Waals surface area contributed by atoms with Gasteiger partial charge in [0, 0.05) is 10.0 Å². The van der Waals surface area contributed by atoms with E-state index in [1.54, 1.807) is 24.3 Å². The van der Waals surface area contributed by atoms with Crippen molar-refractivity contribution in [1.82, 2.24) is 0 Å². The molecule has 2 aromatic carbocycles. The summed E-state index contributed by atoms with van der Waals surface area (Å²) in [5.74, 6) is -2.50. The third-order valence-electron chi connectivity index (χ3n) is 2.57. The molecule has 1 amide bonds. The van der Waals surface area contributed by atoms with Gasteiger partial charge in [0.25, 0.3) is 5.91 Å². The maximum Gasteiger partial charge on any atom is 0.335 e. The van der Waals surface area contributed by atoms with Gasteiger partial charge in [-0.15, -0.1) is 0 Å². The number of halogens is 2. The van der Waals surface area contributed by atoms with Crippen LogP contribution in [-0.4, -0.2) is 17.0 Å². The van der Waals surface area contributed by atoms with Crippen LogP contribution >= 0.6 is 15.9 Å². The Morgan fingerprint density at radius 2 is 1.65 bits per heavy atom. The quantitative estimate of drug-likeness (QED) is 0.900. The number of hydrogen-bond donors (Lipinski definition) is 2. The number of aromatic carboxylic acids is 1. The van der Waals surface area contributed by atoms with Crippen molar-refractivity contribution < 1.29 is 19.1 Å². The van der Waals surface area contributed by atoms with Crippen molar-refractivity contribution in [3.63, 3.8) is 0 Å². The second-order valence-electron chi connectivity index (χ2n) is 3.96. The highest BCUT2D eigenvalue weighted by Gasteiger charge is 2.11. The third kappa shape index (κ3) is 3.21. The van der Waals surface area contributed by atoms with Gasteiger partial charge < -0.3 is 10.4 Å². The molecule has 6 heteroatoms. The SMILES string of the molecule is O=C(O)c1ccc(NC(=O)c2ccc(Br)cc2)c(F)c1. The van der Waals surface area contributed by atoms with Crippen LogP contribution in [0.15, 0.2) is 46.9 Å². The van der Waals surface area contributed by atoms with Crippen LogP contribution in [0.1, 0.15) is 20.7 Å². The second-order valence-corrected chi connectivity index (χ2v) is 4.88. The van der Waals surface area contributed by atoms with Gasteiger partial charge in [0.1, 0.15) is 5.82 Å². The molecule has 0 radical (unpaired) electrons. The van der Waals surface area contributed by atoms with Crippen molar-refractivity contribution in [2.24, 2.45) is 0 Å². The zero-order valence-electron chi connectivity index (χ0n) is 10.1. The Balaban J connectivity index is 2.19. The summed E-state index contributed by atoms with van der Waals surface area (Å²) in [4.78, 5) is 22.6. The van der Waals surface area contributed by atoms with E-state index in [0.717, 1.165) is 10.5 Å². The van der Waals surface area contributed by atoms with Gasteiger partial charge in [-0.1, -0.05) is 15.9 Å². The van der Waals surface area contributed by atoms with Gasteiger partial charge in [-0.05, 0) is 42.5 Å². The molecule has 0 atom stereocenters. The molecule has 2 aromatic rings. The smallest absolute Gasteiger partial charge is 0.335 e. The van der Waals surface area contributed by atoms with Crippen LogP contribution in [0.5, 0.6) is 0 Å². The molecule has 2 rings (SSSR count). The molecular formula is C14H9BrFNO3. The summed E-state index contributed by atoms with van der Waals surface area (Å²) in [5, 5.41) is 11.1. The first-order valence-corrected chi connectivity index (χ1v) is 6.36. The number of carboxylic acids is 1. The monoisotopic (exact) mass is 337 g/mol. The molecule has 0 bridgehead atoms. The lowest BCUT2D eigenvalue weighted by atomic mass is 10.1. The molecular weight excluding hydrogens is 329 g/mol. The second kappa shape index (κ2) is 5.83. The number of hydrogen-bond acceptors (Lipinski definition) is 2. The van der Waals surface area contributed by atoms with Gasteiger partial charge in [-0.2, -0.15) is 0 Å². The van der Waals surface area contributed by atoms with Gasteiger partial charge in [0.05, 0.1) is 11.3 Å². The van der Waals surface area contributed by atoms with E-state index in [2.05, 4.69) is 21.2 Å². The number of amides is 1. The number of carboxylic acid groups (broad SMARTS) is 1. The van der Waals surface area contributed by atoms with Gasteiger partial charge >= 0.3 is 5.97 Å². The Bertz CT molecular complexity index is 671. The highest BCUT2D eigenvalue weighted by molar-refractivity contribution is 9.10. The van der Waals surface area contributed by atoms with E-state index in [-0.39, 0.29) is 11.3 Å². The van der Waals surface area contributed by atoms with Crippen molar-refractivity contribution >= 4 is 33.5 Å². The molecule has 0 heterocycles. The van der Waals surface area contributed by atoms with Gasteiger partial charge in [-0.25, -0.2) is 9.18 Å². The number of carbonyl (C=O) groups is 2. The predicted octanol–water partition coefficient (Wildman–Crippen LogP) is 3.54. The molecule has 0 aromatic heterocycles. The molecule has 0 aliphatic rings. The fraction of sp³-hybridized carbons (Fsp3) is 0. The number of carbonyl (C=O) groups excluding carboxylic acids is 1. The molecule has 20 heavy (non-hydrogen) atoms. The summed E-state index contributed by atoms with van der Waals surface area (Å²) in [6, 6.07) is 9.86. The Hall–Kier alpha value is -2.21. The molecule has 102 valence electrons. The summed E-state index contributed by atoms with van der Waals surface area (Å²) in [7, 11) is 0. The predicted molar refractivity (Wildman–Crippen MR) is 75.5 cm³/mol. The molecule has 4 nitrogen and oxygen atoms in total. The largest absolute Gasteiger partial charge is 0.478 e. The van der Waals surface area contributed by atoms with E-state index < -0.39 is 17.7 Å². The summed E-state index contributed by atoms with van der Waals surface area (Å²) in [5.41, 5.74) is 0.127. The first-order valence-electron chi connectivity index (χ1n) is 5.57. The van der Waals surface area contributed by atoms with E-state index in [1.165, 1.54) is 12.1 Å². The number of anilines is 1. The van der Waals surface area contributed by atoms with Gasteiger partial charge in [0.2, 0.25) is 0 Å². The zero-order chi connectivity index (χ0) is 14.7. The van der Waals surface area contributed by atoms with Crippen molar-refractivity contribution in [2.75, 3.05) is 5.32 Å². The van der Waals surface area contributed by atoms with Crippen LogP contribution in [0.2, 0.25) is 0 Å². The Morgan fingerprint density at radius 1 is 1.05 bits per heavy atom. The first-order chi connectivity index (χ1) is 9.47. The van der Waals surface area contributed by atoms with Crippen LogP contribution in [0, 0.1) is 5.82 Å². The molecule has 0 spiro atoms. The Labute approximate surface area is 122 Å². The number of nitrogens with one attached hydrogen (secondary N) is 1. The van der Waals surface area contributed by atoms with E-state index in [9.17, 15) is 14.0 Å². The van der Waals surface area contributed by atoms with Crippen LogP contribution in [0.25, 0.3) is 0 Å². The number of rotatable bonds is 3. The fourth-order valence-corrected chi connectivity index (χ4v) is 1.81. The van der Waals surface area contributed by atoms with Crippen molar-refractivity contribution in [2.45, 2.75) is 0 Å². The highest BCUT2D eigenvalue weighted by Crippen LogP contribution is 2.18. The standard InChI is InChI=1S/C14H9BrFNO3/c15-10-4-1-8(2-5-10)13(18)17-12-6-3-9(14(19)20)7-11(12)16/h1-7H,(H,17,18)(H,19,20). The lowest BCUT2D eigenvalue weighted by Gasteiger charge is -2.07. The Morgan fingerprint density at radius 3 is 2.20 bits per heavy atom. The zero-order valence-corrected chi connectivity index (χ0v) is 11.6. The van der Waals surface area contributed by atoms with Crippen LogP contribution < -0.4 is 5.32 Å². The van der Waals surface area contributed by atoms with Gasteiger partial charge in [-0.3, -0.25) is 4.79 Å². The highest BCUT2D eigenvalue weighted by atomic mass is 79.9. The maximum atomic E-state index is 13.7. The molecule has 0 unspecified atom stereocenters.